The number of hydrogen-bond acceptors (Lipinski definition) is 8. The molecule has 2 aromatic rings. The van der Waals surface area contributed by atoms with Crippen LogP contribution in [-0.4, -0.2) is 84.1 Å². The van der Waals surface area contributed by atoms with Gasteiger partial charge in [-0.25, -0.2) is 18.0 Å². The predicted molar refractivity (Wildman–Crippen MR) is 160 cm³/mol. The molecular formula is C31H41N3O8S. The quantitative estimate of drug-likeness (QED) is 0.464. The summed E-state index contributed by atoms with van der Waals surface area (Å²) in [7, 11) is -3.98. The van der Waals surface area contributed by atoms with Gasteiger partial charge in [0.15, 0.2) is 0 Å². The van der Waals surface area contributed by atoms with E-state index in [1.54, 1.807) is 52.0 Å². The first-order chi connectivity index (χ1) is 20.2. The Bertz CT molecular complexity index is 1410. The van der Waals surface area contributed by atoms with Crippen LogP contribution in [0.1, 0.15) is 58.9 Å². The maximum absolute atomic E-state index is 14.2. The van der Waals surface area contributed by atoms with Crippen LogP contribution in [0, 0.1) is 6.92 Å². The first kappa shape index (κ1) is 32.4. The lowest BCUT2D eigenvalue weighted by Gasteiger charge is -2.34. The first-order valence-corrected chi connectivity index (χ1v) is 16.0. The lowest BCUT2D eigenvalue weighted by molar-refractivity contribution is -0.157. The maximum Gasteiger partial charge on any atom is 0.415 e. The van der Waals surface area contributed by atoms with Crippen LogP contribution in [-0.2, 0) is 24.3 Å². The zero-order chi connectivity index (χ0) is 31.5. The third kappa shape index (κ3) is 7.73. The largest absolute Gasteiger partial charge is 0.458 e. The molecule has 12 heteroatoms. The highest BCUT2D eigenvalue weighted by Crippen LogP contribution is 2.31. The topological polar surface area (TPSA) is 134 Å². The number of rotatable bonds is 7. The zero-order valence-corrected chi connectivity index (χ0v) is 26.2. The van der Waals surface area contributed by atoms with Gasteiger partial charge in [-0.15, -0.1) is 0 Å². The smallest absolute Gasteiger partial charge is 0.415 e. The van der Waals surface area contributed by atoms with E-state index in [1.807, 2.05) is 6.92 Å². The highest BCUT2D eigenvalue weighted by molar-refractivity contribution is 7.89. The second-order valence-electron chi connectivity index (χ2n) is 12.1. The van der Waals surface area contributed by atoms with E-state index in [-0.39, 0.29) is 17.2 Å². The van der Waals surface area contributed by atoms with Gasteiger partial charge in [0.1, 0.15) is 23.4 Å². The first-order valence-electron chi connectivity index (χ1n) is 14.6. The van der Waals surface area contributed by atoms with Crippen LogP contribution in [0.3, 0.4) is 0 Å². The van der Waals surface area contributed by atoms with E-state index < -0.39 is 51.8 Å². The minimum atomic E-state index is -3.98. The Hall–Kier alpha value is -3.48. The Labute approximate surface area is 253 Å². The van der Waals surface area contributed by atoms with Crippen molar-refractivity contribution in [2.45, 2.75) is 89.0 Å². The second-order valence-corrected chi connectivity index (χ2v) is 14.0. The summed E-state index contributed by atoms with van der Waals surface area (Å²) in [4.78, 5) is 42.9. The summed E-state index contributed by atoms with van der Waals surface area (Å²) in [5.74, 6) is -0.959. The maximum atomic E-state index is 14.2. The van der Waals surface area contributed by atoms with Crippen molar-refractivity contribution in [3.05, 3.63) is 54.1 Å². The molecule has 0 bridgehead atoms. The van der Waals surface area contributed by atoms with Crippen molar-refractivity contribution in [3.8, 4) is 5.75 Å². The van der Waals surface area contributed by atoms with Gasteiger partial charge in [0.05, 0.1) is 11.0 Å². The molecule has 4 rings (SSSR count). The third-order valence-corrected chi connectivity index (χ3v) is 9.45. The van der Waals surface area contributed by atoms with E-state index in [9.17, 15) is 27.9 Å². The van der Waals surface area contributed by atoms with Gasteiger partial charge in [-0.2, -0.15) is 4.31 Å². The molecule has 234 valence electrons. The Morgan fingerprint density at radius 1 is 0.953 bits per heavy atom. The molecule has 0 aliphatic carbocycles. The number of esters is 1. The summed E-state index contributed by atoms with van der Waals surface area (Å²) in [6.45, 7) is 9.52. The molecule has 2 atom stereocenters. The molecule has 0 saturated carbocycles. The minimum Gasteiger partial charge on any atom is -0.458 e. The summed E-state index contributed by atoms with van der Waals surface area (Å²) >= 11 is 0. The van der Waals surface area contributed by atoms with Crippen LogP contribution >= 0.6 is 0 Å². The number of aryl methyl sites for hydroxylation is 1. The molecule has 0 spiro atoms. The number of hydrogen-bond donors (Lipinski definition) is 1. The number of anilines is 1. The number of nitrogens with zero attached hydrogens (tertiary/aromatic N) is 3. The number of carbonyl (C=O) groups excluding carboxylic acids is 3. The number of piperidine rings is 1. The van der Waals surface area contributed by atoms with Crippen LogP contribution in [0.15, 0.2) is 53.4 Å². The molecule has 2 amide bonds. The van der Waals surface area contributed by atoms with Crippen molar-refractivity contribution in [2.24, 2.45) is 0 Å². The molecule has 1 N–H and O–H groups in total. The van der Waals surface area contributed by atoms with Crippen molar-refractivity contribution < 1.29 is 37.4 Å². The van der Waals surface area contributed by atoms with Gasteiger partial charge >= 0.3 is 12.1 Å². The van der Waals surface area contributed by atoms with Gasteiger partial charge in [0.2, 0.25) is 15.9 Å². The van der Waals surface area contributed by atoms with E-state index in [0.717, 1.165) is 5.56 Å². The highest BCUT2D eigenvalue weighted by Gasteiger charge is 2.44. The van der Waals surface area contributed by atoms with E-state index in [1.165, 1.54) is 38.4 Å². The number of benzene rings is 2. The number of likely N-dealkylation sites (tertiary alicyclic amines) is 1. The van der Waals surface area contributed by atoms with Crippen molar-refractivity contribution in [1.29, 1.82) is 0 Å². The van der Waals surface area contributed by atoms with Gasteiger partial charge in [0, 0.05) is 25.3 Å². The van der Waals surface area contributed by atoms with Crippen molar-refractivity contribution in [3.63, 3.8) is 0 Å². The molecular weight excluding hydrogens is 574 g/mol. The van der Waals surface area contributed by atoms with Crippen LogP contribution in [0.25, 0.3) is 0 Å². The predicted octanol–water partition coefficient (Wildman–Crippen LogP) is 3.87. The second kappa shape index (κ2) is 13.0. The average molecular weight is 616 g/mol. The lowest BCUT2D eigenvalue weighted by atomic mass is 10.1. The van der Waals surface area contributed by atoms with Gasteiger partial charge in [-0.1, -0.05) is 17.7 Å². The van der Waals surface area contributed by atoms with Crippen LogP contribution < -0.4 is 9.64 Å². The van der Waals surface area contributed by atoms with Crippen molar-refractivity contribution >= 4 is 33.7 Å². The summed E-state index contributed by atoms with van der Waals surface area (Å²) in [5, 5.41) is 9.70. The summed E-state index contributed by atoms with van der Waals surface area (Å²) in [6.07, 6.45) is 0.760. The molecule has 0 unspecified atom stereocenters. The Morgan fingerprint density at radius 2 is 1.56 bits per heavy atom. The molecule has 2 aromatic carbocycles. The Kier molecular flexibility index (Phi) is 9.83. The standard InChI is InChI=1S/C31H41N3O8S/c1-21-8-14-26(15-9-21)43(39,40)33-18-6-7-27(33)28(36)34(22(2)29(37)42-31(3,4)5)23-10-12-25(13-11-23)41-30(38)32-19-16-24(35)17-20-32/h8-15,22,24,27,35H,6-7,16-20H2,1-5H3/t22-,27-/m0/s1. The number of sulfonamides is 1. The zero-order valence-electron chi connectivity index (χ0n) is 25.4. The van der Waals surface area contributed by atoms with Gasteiger partial charge in [0.25, 0.3) is 0 Å². The molecule has 2 fully saturated rings. The van der Waals surface area contributed by atoms with Gasteiger partial charge < -0.3 is 19.5 Å². The molecule has 0 aromatic heterocycles. The SMILES string of the molecule is Cc1ccc(S(=O)(=O)N2CCC[C@H]2C(=O)N(c2ccc(OC(=O)N3CCC(O)CC3)cc2)[C@@H](C)C(=O)OC(C)(C)C)cc1. The van der Waals surface area contributed by atoms with Crippen LogP contribution in [0.2, 0.25) is 0 Å². The summed E-state index contributed by atoms with van der Waals surface area (Å²) < 4.78 is 39.5. The molecule has 2 saturated heterocycles. The summed E-state index contributed by atoms with van der Waals surface area (Å²) in [5.41, 5.74) is 0.426. The average Bonchev–Trinajstić information content (AvgIpc) is 3.45. The minimum absolute atomic E-state index is 0.0962. The Balaban J connectivity index is 1.61. The van der Waals surface area contributed by atoms with Gasteiger partial charge in [-0.3, -0.25) is 9.69 Å². The number of aliphatic hydroxyl groups is 1. The third-order valence-electron chi connectivity index (χ3n) is 7.53. The summed E-state index contributed by atoms with van der Waals surface area (Å²) in [6, 6.07) is 10.5. The monoisotopic (exact) mass is 615 g/mol. The fourth-order valence-corrected chi connectivity index (χ4v) is 6.85. The molecule has 2 heterocycles. The number of amides is 2. The normalized spacial score (nSPS) is 19.1. The highest BCUT2D eigenvalue weighted by atomic mass is 32.2. The molecule has 0 radical (unpaired) electrons. The number of ether oxygens (including phenoxy) is 2. The molecule has 43 heavy (non-hydrogen) atoms. The molecule has 2 aliphatic heterocycles. The van der Waals surface area contributed by atoms with Crippen LogP contribution in [0.4, 0.5) is 10.5 Å². The van der Waals surface area contributed by atoms with Crippen molar-refractivity contribution in [2.75, 3.05) is 24.5 Å². The fourth-order valence-electron chi connectivity index (χ4n) is 5.20. The van der Waals surface area contributed by atoms with Crippen LogP contribution in [0.5, 0.6) is 5.75 Å². The lowest BCUT2D eigenvalue weighted by Crippen LogP contribution is -2.53. The van der Waals surface area contributed by atoms with E-state index in [2.05, 4.69) is 0 Å². The molecule has 2 aliphatic rings. The number of carbonyl (C=O) groups is 3. The molecule has 11 nitrogen and oxygen atoms in total. The fraction of sp³-hybridized carbons (Fsp3) is 0.516. The Morgan fingerprint density at radius 3 is 2.14 bits per heavy atom. The van der Waals surface area contributed by atoms with E-state index in [0.29, 0.717) is 44.5 Å². The van der Waals surface area contributed by atoms with Crippen molar-refractivity contribution in [1.82, 2.24) is 9.21 Å². The van der Waals surface area contributed by atoms with Gasteiger partial charge in [-0.05, 0) is 96.7 Å². The van der Waals surface area contributed by atoms with E-state index >= 15 is 0 Å². The van der Waals surface area contributed by atoms with E-state index in [4.69, 9.17) is 9.47 Å². The number of aliphatic hydroxyl groups excluding tert-OH is 1.